The second kappa shape index (κ2) is 8.46. The van der Waals surface area contributed by atoms with Gasteiger partial charge in [-0.25, -0.2) is 4.79 Å². The molecule has 0 unspecified atom stereocenters. The molecule has 0 radical (unpaired) electrons. The summed E-state index contributed by atoms with van der Waals surface area (Å²) >= 11 is 5.96. The molecular weight excluding hydrogens is 328 g/mol. The smallest absolute Gasteiger partial charge is 0.404 e. The third-order valence-corrected chi connectivity index (χ3v) is 4.96. The molecule has 22 heavy (non-hydrogen) atoms. The van der Waals surface area contributed by atoms with E-state index in [1.807, 2.05) is 0 Å². The van der Waals surface area contributed by atoms with Crippen molar-refractivity contribution in [3.05, 3.63) is 11.1 Å². The lowest BCUT2D eigenvalue weighted by molar-refractivity contribution is 0.0845. The van der Waals surface area contributed by atoms with Gasteiger partial charge in [0.2, 0.25) is 5.28 Å². The number of ether oxygens (including phenoxy) is 1. The summed E-state index contributed by atoms with van der Waals surface area (Å²) in [5, 5.41) is 27.9. The van der Waals surface area contributed by atoms with E-state index in [-0.39, 0.29) is 25.0 Å². The highest BCUT2D eigenvalue weighted by Gasteiger charge is 2.18. The first kappa shape index (κ1) is 18.9. The Morgan fingerprint density at radius 2 is 2.14 bits per heavy atom. The molecule has 0 aliphatic rings. The van der Waals surface area contributed by atoms with Crippen LogP contribution >= 0.6 is 11.6 Å². The highest BCUT2D eigenvalue weighted by atomic mass is 35.5. The van der Waals surface area contributed by atoms with Crippen molar-refractivity contribution in [2.45, 2.75) is 44.9 Å². The summed E-state index contributed by atoms with van der Waals surface area (Å²) in [5.41, 5.74) is 0. The van der Waals surface area contributed by atoms with Crippen molar-refractivity contribution in [2.24, 2.45) is 0 Å². The number of nitrogens with one attached hydrogen (secondary N) is 1. The van der Waals surface area contributed by atoms with Crippen LogP contribution in [-0.2, 0) is 17.9 Å². The Labute approximate surface area is 135 Å². The van der Waals surface area contributed by atoms with Crippen LogP contribution in [0.1, 0.15) is 5.82 Å². The fourth-order valence-electron chi connectivity index (χ4n) is 1.68. The molecule has 1 aromatic heterocycles. The average Bonchev–Trinajstić information content (AvgIpc) is 2.73. The molecule has 0 bridgehead atoms. The van der Waals surface area contributed by atoms with Crippen molar-refractivity contribution < 1.29 is 19.7 Å². The van der Waals surface area contributed by atoms with Gasteiger partial charge in [-0.3, -0.25) is 4.57 Å². The Morgan fingerprint density at radius 3 is 2.68 bits per heavy atom. The standard InChI is InChI=1S/C12H23ClN4O4Si/c1-22(2,3)5-4-21-8-17-10(15-16-11(17)13)6-9(7-18)14-12(19)20/h9,14,18H,4-8H2,1-3H3,(H,19,20)/t9-/m0/s1. The molecule has 0 spiro atoms. The van der Waals surface area contributed by atoms with Gasteiger partial charge in [-0.15, -0.1) is 10.2 Å². The maximum absolute atomic E-state index is 10.6. The molecular formula is C12H23ClN4O4Si. The molecule has 0 saturated heterocycles. The van der Waals surface area contributed by atoms with E-state index in [0.29, 0.717) is 12.4 Å². The Hall–Kier alpha value is -1.16. The van der Waals surface area contributed by atoms with Gasteiger partial charge < -0.3 is 20.3 Å². The van der Waals surface area contributed by atoms with Crippen molar-refractivity contribution in [1.29, 1.82) is 0 Å². The maximum Gasteiger partial charge on any atom is 0.404 e. The van der Waals surface area contributed by atoms with Crippen LogP contribution in [0.2, 0.25) is 31.0 Å². The SMILES string of the molecule is C[Si](C)(C)CCOCn1c(Cl)nnc1C[C@@H](CO)NC(=O)O. The normalized spacial score (nSPS) is 13.1. The molecule has 0 saturated carbocycles. The molecule has 10 heteroatoms. The largest absolute Gasteiger partial charge is 0.465 e. The minimum Gasteiger partial charge on any atom is -0.465 e. The molecule has 1 aromatic rings. The fraction of sp³-hybridized carbons (Fsp3) is 0.750. The van der Waals surface area contributed by atoms with Crippen LogP contribution in [0.3, 0.4) is 0 Å². The van der Waals surface area contributed by atoms with Crippen LogP contribution in [0, 0.1) is 0 Å². The number of nitrogens with zero attached hydrogens (tertiary/aromatic N) is 3. The molecule has 3 N–H and O–H groups in total. The second-order valence-corrected chi connectivity index (χ2v) is 12.2. The van der Waals surface area contributed by atoms with Gasteiger partial charge in [0.25, 0.3) is 0 Å². The van der Waals surface area contributed by atoms with Gasteiger partial charge in [-0.2, -0.15) is 0 Å². The first-order valence-electron chi connectivity index (χ1n) is 6.98. The predicted molar refractivity (Wildman–Crippen MR) is 84.9 cm³/mol. The summed E-state index contributed by atoms with van der Waals surface area (Å²) < 4.78 is 7.17. The number of rotatable bonds is 9. The molecule has 0 fully saturated rings. The second-order valence-electron chi connectivity index (χ2n) is 6.19. The monoisotopic (exact) mass is 350 g/mol. The minimum atomic E-state index is -1.21. The first-order chi connectivity index (χ1) is 10.2. The highest BCUT2D eigenvalue weighted by Crippen LogP contribution is 2.12. The summed E-state index contributed by atoms with van der Waals surface area (Å²) in [6.45, 7) is 7.27. The predicted octanol–water partition coefficient (Wildman–Crippen LogP) is 1.41. The van der Waals surface area contributed by atoms with Gasteiger partial charge in [-0.05, 0) is 17.6 Å². The molecule has 1 atom stereocenters. The van der Waals surface area contributed by atoms with E-state index >= 15 is 0 Å². The molecule has 126 valence electrons. The summed E-state index contributed by atoms with van der Waals surface area (Å²) in [6.07, 6.45) is -1.03. The van der Waals surface area contributed by atoms with Gasteiger partial charge in [0.1, 0.15) is 12.6 Å². The van der Waals surface area contributed by atoms with Crippen molar-refractivity contribution in [3.63, 3.8) is 0 Å². The third kappa shape index (κ3) is 6.73. The lowest BCUT2D eigenvalue weighted by Crippen LogP contribution is -2.38. The van der Waals surface area contributed by atoms with Gasteiger partial charge in [0.05, 0.1) is 12.6 Å². The van der Waals surface area contributed by atoms with Crippen molar-refractivity contribution >= 4 is 25.8 Å². The number of carboxylic acid groups (broad SMARTS) is 1. The Kier molecular flexibility index (Phi) is 7.27. The molecule has 1 amide bonds. The highest BCUT2D eigenvalue weighted by molar-refractivity contribution is 6.76. The number of aliphatic hydroxyl groups excluding tert-OH is 1. The lowest BCUT2D eigenvalue weighted by Gasteiger charge is -2.17. The number of carbonyl (C=O) groups is 1. The number of hydrogen-bond acceptors (Lipinski definition) is 5. The van der Waals surface area contributed by atoms with Crippen LogP contribution < -0.4 is 5.32 Å². The van der Waals surface area contributed by atoms with Crippen LogP contribution in [0.15, 0.2) is 0 Å². The molecule has 0 aromatic carbocycles. The summed E-state index contributed by atoms with van der Waals surface area (Å²) in [7, 11) is -1.16. The Balaban J connectivity index is 2.60. The molecule has 1 rings (SSSR count). The van der Waals surface area contributed by atoms with E-state index in [1.54, 1.807) is 4.57 Å². The summed E-state index contributed by atoms with van der Waals surface area (Å²) in [6, 6.07) is 0.362. The quantitative estimate of drug-likeness (QED) is 0.459. The van der Waals surface area contributed by atoms with Gasteiger partial charge >= 0.3 is 6.09 Å². The number of halogens is 1. The zero-order chi connectivity index (χ0) is 16.8. The van der Waals surface area contributed by atoms with Gasteiger partial charge in [0, 0.05) is 21.1 Å². The molecule has 1 heterocycles. The lowest BCUT2D eigenvalue weighted by atomic mass is 10.2. The van der Waals surface area contributed by atoms with Crippen molar-refractivity contribution in [3.8, 4) is 0 Å². The number of aliphatic hydroxyl groups is 1. The zero-order valence-electron chi connectivity index (χ0n) is 13.0. The van der Waals surface area contributed by atoms with Crippen molar-refractivity contribution in [1.82, 2.24) is 20.1 Å². The van der Waals surface area contributed by atoms with E-state index in [2.05, 4.69) is 35.2 Å². The van der Waals surface area contributed by atoms with Gasteiger partial charge in [0.15, 0.2) is 0 Å². The number of amides is 1. The van der Waals surface area contributed by atoms with E-state index in [0.717, 1.165) is 6.04 Å². The zero-order valence-corrected chi connectivity index (χ0v) is 14.8. The number of aromatic nitrogens is 3. The van der Waals surface area contributed by atoms with Crippen molar-refractivity contribution in [2.75, 3.05) is 13.2 Å². The third-order valence-electron chi connectivity index (χ3n) is 2.98. The minimum absolute atomic E-state index is 0.176. The Bertz CT molecular complexity index is 492. The van der Waals surface area contributed by atoms with E-state index < -0.39 is 20.2 Å². The number of hydrogen-bond donors (Lipinski definition) is 3. The fourth-order valence-corrected chi connectivity index (χ4v) is 2.62. The van der Waals surface area contributed by atoms with Crippen LogP contribution in [0.25, 0.3) is 0 Å². The first-order valence-corrected chi connectivity index (χ1v) is 11.1. The van der Waals surface area contributed by atoms with Crippen LogP contribution in [0.5, 0.6) is 0 Å². The van der Waals surface area contributed by atoms with Crippen LogP contribution in [0.4, 0.5) is 4.79 Å². The van der Waals surface area contributed by atoms with Crippen LogP contribution in [-0.4, -0.2) is 58.4 Å². The summed E-state index contributed by atoms with van der Waals surface area (Å²) in [4.78, 5) is 10.6. The molecule has 0 aliphatic heterocycles. The molecule has 0 aliphatic carbocycles. The topological polar surface area (TPSA) is 110 Å². The van der Waals surface area contributed by atoms with Gasteiger partial charge in [-0.1, -0.05) is 19.6 Å². The van der Waals surface area contributed by atoms with E-state index in [1.165, 1.54) is 0 Å². The summed E-state index contributed by atoms with van der Waals surface area (Å²) in [5.74, 6) is 0.464. The van der Waals surface area contributed by atoms with E-state index in [4.69, 9.17) is 21.4 Å². The average molecular weight is 351 g/mol. The van der Waals surface area contributed by atoms with E-state index in [9.17, 15) is 9.90 Å². The maximum atomic E-state index is 10.6. The molecule has 8 nitrogen and oxygen atoms in total. The Morgan fingerprint density at radius 1 is 1.45 bits per heavy atom.